The van der Waals surface area contributed by atoms with Gasteiger partial charge in [-0.15, -0.1) is 11.3 Å². The lowest BCUT2D eigenvalue weighted by atomic mass is 10.1. The molecule has 0 unspecified atom stereocenters. The maximum Gasteiger partial charge on any atom is 0.270 e. The van der Waals surface area contributed by atoms with Crippen molar-refractivity contribution in [2.75, 3.05) is 36.5 Å². The molecule has 34 heavy (non-hydrogen) atoms. The van der Waals surface area contributed by atoms with Crippen LogP contribution >= 0.6 is 11.3 Å². The number of nitro benzene ring substituents is 1. The number of para-hydroxylation sites is 1. The van der Waals surface area contributed by atoms with Gasteiger partial charge < -0.3 is 15.0 Å². The lowest BCUT2D eigenvalue weighted by molar-refractivity contribution is -0.384. The van der Waals surface area contributed by atoms with Gasteiger partial charge in [0.05, 0.1) is 39.6 Å². The van der Waals surface area contributed by atoms with Crippen molar-refractivity contribution < 1.29 is 14.5 Å². The molecule has 8 nitrogen and oxygen atoms in total. The number of non-ortho nitro benzene ring substituents is 1. The molecule has 3 aromatic carbocycles. The summed E-state index contributed by atoms with van der Waals surface area (Å²) >= 11 is 1.60. The molecule has 0 atom stereocenters. The number of ether oxygens (including phenoxy) is 1. The number of carbonyl (C=O) groups is 1. The third-order valence-electron chi connectivity index (χ3n) is 5.89. The molecule has 1 N–H and O–H groups in total. The van der Waals surface area contributed by atoms with Gasteiger partial charge in [-0.2, -0.15) is 0 Å². The second-order valence-electron chi connectivity index (χ2n) is 7.98. The minimum Gasteiger partial charge on any atom is -0.378 e. The van der Waals surface area contributed by atoms with Gasteiger partial charge in [-0.25, -0.2) is 4.98 Å². The summed E-state index contributed by atoms with van der Waals surface area (Å²) in [5, 5.41) is 15.2. The van der Waals surface area contributed by atoms with Gasteiger partial charge in [-0.1, -0.05) is 24.3 Å². The van der Waals surface area contributed by atoms with Crippen LogP contribution in [0, 0.1) is 17.0 Å². The number of hydrogen-bond donors (Lipinski definition) is 1. The monoisotopic (exact) mass is 474 g/mol. The first-order chi connectivity index (χ1) is 16.5. The molecule has 2 heterocycles. The zero-order valence-corrected chi connectivity index (χ0v) is 19.3. The number of nitrogens with one attached hydrogen (secondary N) is 1. The summed E-state index contributed by atoms with van der Waals surface area (Å²) in [6.07, 6.45) is 0. The molecule has 0 aliphatic carbocycles. The van der Waals surface area contributed by atoms with Crippen molar-refractivity contribution in [3.05, 3.63) is 81.9 Å². The molecule has 1 amide bonds. The van der Waals surface area contributed by atoms with E-state index in [1.807, 2.05) is 54.3 Å². The van der Waals surface area contributed by atoms with E-state index in [2.05, 4.69) is 5.32 Å². The molecule has 1 fully saturated rings. The lowest BCUT2D eigenvalue weighted by Gasteiger charge is -2.30. The van der Waals surface area contributed by atoms with Crippen LogP contribution in [0.5, 0.6) is 0 Å². The number of anilines is 2. The normalized spacial score (nSPS) is 13.7. The van der Waals surface area contributed by atoms with Gasteiger partial charge in [0, 0.05) is 36.5 Å². The molecule has 1 aliphatic rings. The Morgan fingerprint density at radius 2 is 1.91 bits per heavy atom. The third kappa shape index (κ3) is 4.23. The zero-order valence-electron chi connectivity index (χ0n) is 18.5. The number of carbonyl (C=O) groups excluding carboxylic acids is 1. The van der Waals surface area contributed by atoms with Gasteiger partial charge >= 0.3 is 0 Å². The third-order valence-corrected chi connectivity index (χ3v) is 6.96. The highest BCUT2D eigenvalue weighted by Crippen LogP contribution is 2.35. The Morgan fingerprint density at radius 1 is 1.12 bits per heavy atom. The van der Waals surface area contributed by atoms with Crippen molar-refractivity contribution in [3.63, 3.8) is 0 Å². The van der Waals surface area contributed by atoms with Gasteiger partial charge in [0.15, 0.2) is 0 Å². The molecule has 172 valence electrons. The lowest BCUT2D eigenvalue weighted by Crippen LogP contribution is -2.37. The van der Waals surface area contributed by atoms with E-state index in [4.69, 9.17) is 9.72 Å². The highest BCUT2D eigenvalue weighted by atomic mass is 32.1. The van der Waals surface area contributed by atoms with Crippen LogP contribution in [-0.4, -0.2) is 42.1 Å². The van der Waals surface area contributed by atoms with Crippen LogP contribution in [0.15, 0.2) is 60.7 Å². The highest BCUT2D eigenvalue weighted by molar-refractivity contribution is 7.21. The zero-order chi connectivity index (χ0) is 23.7. The Labute approximate surface area is 200 Å². The van der Waals surface area contributed by atoms with Crippen molar-refractivity contribution in [2.45, 2.75) is 6.92 Å². The molecule has 0 radical (unpaired) electrons. The second kappa shape index (κ2) is 9.20. The molecule has 4 aromatic rings. The van der Waals surface area contributed by atoms with E-state index in [1.54, 1.807) is 17.4 Å². The van der Waals surface area contributed by atoms with E-state index >= 15 is 0 Å². The summed E-state index contributed by atoms with van der Waals surface area (Å²) in [6.45, 7) is 4.25. The number of nitrogens with zero attached hydrogens (tertiary/aromatic N) is 3. The first kappa shape index (κ1) is 22.0. The van der Waals surface area contributed by atoms with E-state index in [1.165, 1.54) is 12.1 Å². The number of fused-ring (bicyclic) bond motifs is 1. The number of thiazole rings is 1. The fourth-order valence-corrected chi connectivity index (χ4v) is 5.13. The summed E-state index contributed by atoms with van der Waals surface area (Å²) in [7, 11) is 0. The van der Waals surface area contributed by atoms with Gasteiger partial charge in [-0.3, -0.25) is 14.9 Å². The Hall–Kier alpha value is -3.82. The molecular formula is C25H22N4O4S. The topological polar surface area (TPSA) is 97.6 Å². The predicted molar refractivity (Wildman–Crippen MR) is 134 cm³/mol. The first-order valence-electron chi connectivity index (χ1n) is 10.9. The van der Waals surface area contributed by atoms with E-state index < -0.39 is 10.8 Å². The number of hydrogen-bond acceptors (Lipinski definition) is 7. The average molecular weight is 475 g/mol. The van der Waals surface area contributed by atoms with E-state index in [-0.39, 0.29) is 11.3 Å². The minimum absolute atomic E-state index is 0.123. The molecule has 1 saturated heterocycles. The maximum absolute atomic E-state index is 13.4. The second-order valence-corrected chi connectivity index (χ2v) is 9.01. The highest BCUT2D eigenvalue weighted by Gasteiger charge is 2.23. The van der Waals surface area contributed by atoms with Crippen molar-refractivity contribution >= 4 is 44.5 Å². The number of benzene rings is 3. The largest absolute Gasteiger partial charge is 0.378 e. The molecule has 0 spiro atoms. The Bertz CT molecular complexity index is 1360. The molecule has 1 aliphatic heterocycles. The van der Waals surface area contributed by atoms with Crippen LogP contribution in [0.2, 0.25) is 0 Å². The van der Waals surface area contributed by atoms with Crippen LogP contribution in [0.3, 0.4) is 0 Å². The minimum atomic E-state index is -0.487. The van der Waals surface area contributed by atoms with E-state index in [9.17, 15) is 14.9 Å². The summed E-state index contributed by atoms with van der Waals surface area (Å²) in [4.78, 5) is 31.0. The van der Waals surface area contributed by atoms with Crippen LogP contribution in [0.25, 0.3) is 20.8 Å². The van der Waals surface area contributed by atoms with Gasteiger partial charge in [0.1, 0.15) is 5.01 Å². The van der Waals surface area contributed by atoms with E-state index in [0.717, 1.165) is 26.4 Å². The molecular weight excluding hydrogens is 452 g/mol. The summed E-state index contributed by atoms with van der Waals surface area (Å²) < 4.78 is 6.51. The van der Waals surface area contributed by atoms with Gasteiger partial charge in [0.25, 0.3) is 11.6 Å². The summed E-state index contributed by atoms with van der Waals surface area (Å²) in [6, 6.07) is 18.1. The number of aromatic nitrogens is 1. The Balaban J connectivity index is 1.49. The predicted octanol–water partition coefficient (Wildman–Crippen LogP) is 5.27. The first-order valence-corrected chi connectivity index (χ1v) is 11.7. The number of morpholine rings is 1. The van der Waals surface area contributed by atoms with Gasteiger partial charge in [-0.05, 0) is 36.8 Å². The smallest absolute Gasteiger partial charge is 0.270 e. The fraction of sp³-hybridized carbons (Fsp3) is 0.200. The molecule has 0 saturated carbocycles. The maximum atomic E-state index is 13.4. The molecule has 9 heteroatoms. The Kier molecular flexibility index (Phi) is 5.95. The summed E-state index contributed by atoms with van der Waals surface area (Å²) in [5.74, 6) is -0.394. The standard InChI is InChI=1S/C25H22N4O4S/c1-16-18(25-27-21-6-2-3-8-23(21)34-25)5-4-7-20(16)26-24(30)19-15-17(29(31)32)9-10-22(19)28-11-13-33-14-12-28/h2-10,15H,11-14H2,1H3,(H,26,30). The fourth-order valence-electron chi connectivity index (χ4n) is 4.08. The van der Waals surface area contributed by atoms with Crippen LogP contribution in [0.1, 0.15) is 15.9 Å². The summed E-state index contributed by atoms with van der Waals surface area (Å²) in [5.41, 5.74) is 4.19. The quantitative estimate of drug-likeness (QED) is 0.313. The van der Waals surface area contributed by atoms with Crippen molar-refractivity contribution in [2.24, 2.45) is 0 Å². The molecule has 5 rings (SSSR count). The van der Waals surface area contributed by atoms with E-state index in [0.29, 0.717) is 37.7 Å². The van der Waals surface area contributed by atoms with Gasteiger partial charge in [0.2, 0.25) is 0 Å². The SMILES string of the molecule is Cc1c(NC(=O)c2cc([N+](=O)[O-])ccc2N2CCOCC2)cccc1-c1nc2ccccc2s1. The number of nitro groups is 1. The Morgan fingerprint density at radius 3 is 2.68 bits per heavy atom. The van der Waals surface area contributed by atoms with Crippen LogP contribution in [0.4, 0.5) is 17.1 Å². The average Bonchev–Trinajstić information content (AvgIpc) is 3.29. The number of rotatable bonds is 5. The van der Waals surface area contributed by atoms with Crippen LogP contribution in [-0.2, 0) is 4.74 Å². The van der Waals surface area contributed by atoms with Crippen molar-refractivity contribution in [1.82, 2.24) is 4.98 Å². The molecule has 1 aromatic heterocycles. The number of amides is 1. The van der Waals surface area contributed by atoms with Crippen molar-refractivity contribution in [1.29, 1.82) is 0 Å². The van der Waals surface area contributed by atoms with Crippen LogP contribution < -0.4 is 10.2 Å². The molecule has 0 bridgehead atoms. The van der Waals surface area contributed by atoms with Crippen molar-refractivity contribution in [3.8, 4) is 10.6 Å².